The molecular weight excluding hydrogens is 240 g/mol. The molecule has 7 heteroatoms. The molecule has 0 aromatic rings. The lowest BCUT2D eigenvalue weighted by Gasteiger charge is -2.15. The van der Waals surface area contributed by atoms with Gasteiger partial charge in [0, 0.05) is 18.9 Å². The van der Waals surface area contributed by atoms with Gasteiger partial charge in [-0.05, 0) is 12.8 Å². The molecule has 5 N–H and O–H groups in total. The zero-order chi connectivity index (χ0) is 14.1. The third-order valence-corrected chi connectivity index (χ3v) is 2.39. The number of carbonyl (C=O) groups is 3. The highest BCUT2D eigenvalue weighted by Gasteiger charge is 2.21. The summed E-state index contributed by atoms with van der Waals surface area (Å²) in [6, 6.07) is -1.48. The Balaban J connectivity index is 4.19. The van der Waals surface area contributed by atoms with Crippen LogP contribution in [-0.2, 0) is 14.4 Å². The van der Waals surface area contributed by atoms with Crippen LogP contribution in [0.25, 0.3) is 0 Å². The summed E-state index contributed by atoms with van der Waals surface area (Å²) >= 11 is 0. The van der Waals surface area contributed by atoms with E-state index >= 15 is 0 Å². The smallest absolute Gasteiger partial charge is 0.326 e. The molecule has 1 amide bonds. The molecule has 0 aromatic heterocycles. The van der Waals surface area contributed by atoms with E-state index in [0.717, 1.165) is 6.42 Å². The Morgan fingerprint density at radius 2 is 1.83 bits per heavy atom. The first-order valence-electron chi connectivity index (χ1n) is 5.86. The average molecular weight is 260 g/mol. The van der Waals surface area contributed by atoms with E-state index in [4.69, 9.17) is 15.9 Å². The summed E-state index contributed by atoms with van der Waals surface area (Å²) in [7, 11) is 0. The molecule has 0 spiro atoms. The van der Waals surface area contributed by atoms with Crippen LogP contribution in [0.1, 0.15) is 39.0 Å². The van der Waals surface area contributed by atoms with Crippen LogP contribution in [-0.4, -0.2) is 40.1 Å². The maximum atomic E-state index is 11.5. The summed E-state index contributed by atoms with van der Waals surface area (Å²) in [5, 5.41) is 19.6. The van der Waals surface area contributed by atoms with Gasteiger partial charge in [-0.1, -0.05) is 13.3 Å². The second kappa shape index (κ2) is 8.46. The van der Waals surface area contributed by atoms with Crippen LogP contribution >= 0.6 is 0 Å². The van der Waals surface area contributed by atoms with Crippen molar-refractivity contribution in [3.63, 3.8) is 0 Å². The number of aliphatic carboxylic acids is 2. The van der Waals surface area contributed by atoms with Gasteiger partial charge < -0.3 is 21.3 Å². The average Bonchev–Trinajstić information content (AvgIpc) is 2.23. The number of carboxylic acid groups (broad SMARTS) is 2. The second-order valence-electron chi connectivity index (χ2n) is 4.14. The highest BCUT2D eigenvalue weighted by Crippen LogP contribution is 2.02. The highest BCUT2D eigenvalue weighted by atomic mass is 16.4. The van der Waals surface area contributed by atoms with Gasteiger partial charge in [0.1, 0.15) is 6.04 Å². The zero-order valence-electron chi connectivity index (χ0n) is 10.4. The number of nitrogens with one attached hydrogen (secondary N) is 1. The van der Waals surface area contributed by atoms with Crippen molar-refractivity contribution < 1.29 is 24.6 Å². The molecule has 0 fully saturated rings. The van der Waals surface area contributed by atoms with Gasteiger partial charge in [0.15, 0.2) is 0 Å². The van der Waals surface area contributed by atoms with Crippen molar-refractivity contribution in [1.82, 2.24) is 5.32 Å². The van der Waals surface area contributed by atoms with Crippen LogP contribution in [0.3, 0.4) is 0 Å². The van der Waals surface area contributed by atoms with Gasteiger partial charge in [0.05, 0.1) is 0 Å². The van der Waals surface area contributed by atoms with Crippen LogP contribution < -0.4 is 11.1 Å². The van der Waals surface area contributed by atoms with Crippen molar-refractivity contribution >= 4 is 17.8 Å². The molecule has 0 aliphatic carbocycles. The Hall–Kier alpha value is -1.63. The number of hydrogen-bond donors (Lipinski definition) is 4. The summed E-state index contributed by atoms with van der Waals surface area (Å²) in [5.41, 5.74) is 5.66. The molecule has 0 saturated heterocycles. The van der Waals surface area contributed by atoms with Crippen LogP contribution in [0.4, 0.5) is 0 Å². The number of nitrogens with two attached hydrogens (primary N) is 1. The first-order chi connectivity index (χ1) is 8.36. The molecule has 0 aliphatic rings. The van der Waals surface area contributed by atoms with Gasteiger partial charge in [0.25, 0.3) is 0 Å². The number of carbonyl (C=O) groups excluding carboxylic acids is 1. The first kappa shape index (κ1) is 16.4. The van der Waals surface area contributed by atoms with Gasteiger partial charge in [-0.15, -0.1) is 0 Å². The molecule has 0 rings (SSSR count). The predicted molar refractivity (Wildman–Crippen MR) is 63.9 cm³/mol. The number of rotatable bonds is 9. The van der Waals surface area contributed by atoms with Gasteiger partial charge in [-0.2, -0.15) is 0 Å². The lowest BCUT2D eigenvalue weighted by atomic mass is 10.1. The van der Waals surface area contributed by atoms with E-state index in [1.54, 1.807) is 0 Å². The van der Waals surface area contributed by atoms with E-state index in [-0.39, 0.29) is 25.3 Å². The van der Waals surface area contributed by atoms with Crippen LogP contribution in [0.5, 0.6) is 0 Å². The van der Waals surface area contributed by atoms with Crippen LogP contribution in [0.2, 0.25) is 0 Å². The zero-order valence-corrected chi connectivity index (χ0v) is 10.4. The molecule has 0 bridgehead atoms. The van der Waals surface area contributed by atoms with Gasteiger partial charge in [-0.3, -0.25) is 9.59 Å². The van der Waals surface area contributed by atoms with E-state index in [1.165, 1.54) is 0 Å². The fraction of sp³-hybridized carbons (Fsp3) is 0.727. The molecule has 0 aliphatic heterocycles. The summed E-state index contributed by atoms with van der Waals surface area (Å²) in [6.07, 6.45) is 1.12. The second-order valence-corrected chi connectivity index (χ2v) is 4.14. The SMILES string of the molecule is CCCC(N)CC(=O)N[C@@H](CCC(=O)O)C(=O)O. The minimum atomic E-state index is -1.24. The Morgan fingerprint density at radius 3 is 2.28 bits per heavy atom. The Bertz CT molecular complexity index is 306. The molecule has 0 saturated carbocycles. The number of carboxylic acids is 2. The minimum Gasteiger partial charge on any atom is -0.481 e. The maximum absolute atomic E-state index is 11.5. The van der Waals surface area contributed by atoms with Gasteiger partial charge in [0.2, 0.25) is 5.91 Å². The molecule has 0 heterocycles. The Kier molecular flexibility index (Phi) is 7.69. The molecular formula is C11H20N2O5. The first-order valence-corrected chi connectivity index (χ1v) is 5.86. The minimum absolute atomic E-state index is 0.0463. The Morgan fingerprint density at radius 1 is 1.22 bits per heavy atom. The fourth-order valence-electron chi connectivity index (χ4n) is 1.49. The Labute approximate surface area is 105 Å². The molecule has 0 radical (unpaired) electrons. The standard InChI is InChI=1S/C11H20N2O5/c1-2-3-7(12)6-9(14)13-8(11(17)18)4-5-10(15)16/h7-8H,2-6,12H2,1H3,(H,13,14)(H,15,16)(H,17,18)/t7?,8-/m0/s1. The summed E-state index contributed by atoms with van der Waals surface area (Å²) < 4.78 is 0. The third kappa shape index (κ3) is 7.61. The maximum Gasteiger partial charge on any atom is 0.326 e. The lowest BCUT2D eigenvalue weighted by molar-refractivity contribution is -0.143. The number of hydrogen-bond acceptors (Lipinski definition) is 4. The van der Waals surface area contributed by atoms with Crippen molar-refractivity contribution in [2.24, 2.45) is 5.73 Å². The highest BCUT2D eigenvalue weighted by molar-refractivity contribution is 5.84. The molecule has 18 heavy (non-hydrogen) atoms. The molecule has 104 valence electrons. The van der Waals surface area contributed by atoms with Gasteiger partial charge >= 0.3 is 11.9 Å². The molecule has 0 aromatic carbocycles. The normalized spacial score (nSPS) is 13.7. The third-order valence-electron chi connectivity index (χ3n) is 2.39. The van der Waals surface area contributed by atoms with Crippen molar-refractivity contribution in [3.05, 3.63) is 0 Å². The predicted octanol–water partition coefficient (Wildman–Crippen LogP) is -0.0619. The molecule has 2 atom stereocenters. The fourth-order valence-corrected chi connectivity index (χ4v) is 1.49. The summed E-state index contributed by atoms with van der Waals surface area (Å²) in [4.78, 5) is 32.7. The summed E-state index contributed by atoms with van der Waals surface area (Å²) in [6.45, 7) is 1.94. The van der Waals surface area contributed by atoms with Crippen molar-refractivity contribution in [1.29, 1.82) is 0 Å². The van der Waals surface area contributed by atoms with Crippen molar-refractivity contribution in [3.8, 4) is 0 Å². The molecule has 7 nitrogen and oxygen atoms in total. The van der Waals surface area contributed by atoms with E-state index in [1.807, 2.05) is 6.92 Å². The van der Waals surface area contributed by atoms with E-state index in [9.17, 15) is 14.4 Å². The monoisotopic (exact) mass is 260 g/mol. The van der Waals surface area contributed by atoms with E-state index < -0.39 is 23.9 Å². The van der Waals surface area contributed by atoms with E-state index in [0.29, 0.717) is 6.42 Å². The van der Waals surface area contributed by atoms with Crippen LogP contribution in [0.15, 0.2) is 0 Å². The van der Waals surface area contributed by atoms with E-state index in [2.05, 4.69) is 5.32 Å². The van der Waals surface area contributed by atoms with Crippen molar-refractivity contribution in [2.75, 3.05) is 0 Å². The quantitative estimate of drug-likeness (QED) is 0.459. The molecule has 1 unspecified atom stereocenters. The number of amides is 1. The topological polar surface area (TPSA) is 130 Å². The lowest BCUT2D eigenvalue weighted by Crippen LogP contribution is -2.43. The summed E-state index contributed by atoms with van der Waals surface area (Å²) in [5.74, 6) is -2.81. The van der Waals surface area contributed by atoms with Crippen LogP contribution in [0, 0.1) is 0 Å². The van der Waals surface area contributed by atoms with Gasteiger partial charge in [-0.25, -0.2) is 4.79 Å². The largest absolute Gasteiger partial charge is 0.481 e. The van der Waals surface area contributed by atoms with Crippen molar-refractivity contribution in [2.45, 2.75) is 51.1 Å².